The Morgan fingerprint density at radius 3 is 2.88 bits per heavy atom. The maximum atomic E-state index is 9.06. The van der Waals surface area contributed by atoms with Crippen LogP contribution in [0.25, 0.3) is 10.9 Å². The van der Waals surface area contributed by atoms with Crippen molar-refractivity contribution < 1.29 is 5.21 Å². The van der Waals surface area contributed by atoms with Crippen molar-refractivity contribution in [3.8, 4) is 0 Å². The van der Waals surface area contributed by atoms with Crippen LogP contribution >= 0.6 is 0 Å². The quantitative estimate of drug-likeness (QED) is 0.531. The molecule has 1 aliphatic rings. The Labute approximate surface area is 94.0 Å². The molecule has 0 radical (unpaired) electrons. The topological polar surface area (TPSA) is 37.5 Å². The summed E-state index contributed by atoms with van der Waals surface area (Å²) in [5, 5.41) is 13.8. The summed E-state index contributed by atoms with van der Waals surface area (Å²) in [6.45, 7) is 0. The van der Waals surface area contributed by atoms with Crippen LogP contribution in [0.1, 0.15) is 24.1 Å². The van der Waals surface area contributed by atoms with Gasteiger partial charge in [0.2, 0.25) is 0 Å². The van der Waals surface area contributed by atoms with Gasteiger partial charge in [0.1, 0.15) is 5.71 Å². The van der Waals surface area contributed by atoms with Crippen LogP contribution in [0.4, 0.5) is 0 Å². The molecule has 0 unspecified atom stereocenters. The molecule has 1 heterocycles. The molecule has 0 aliphatic heterocycles. The number of hydrogen-bond donors (Lipinski definition) is 1. The second kappa shape index (κ2) is 3.37. The minimum absolute atomic E-state index is 0.819. The van der Waals surface area contributed by atoms with Crippen LogP contribution in [-0.4, -0.2) is 15.5 Å². The molecular formula is C13H14N2O. The molecule has 1 aliphatic carbocycles. The highest BCUT2D eigenvalue weighted by Crippen LogP contribution is 2.31. The molecule has 82 valence electrons. The Morgan fingerprint density at radius 2 is 2.06 bits per heavy atom. The van der Waals surface area contributed by atoms with E-state index in [-0.39, 0.29) is 0 Å². The fraction of sp³-hybridized carbons (Fsp3) is 0.308. The fourth-order valence-corrected chi connectivity index (χ4v) is 2.74. The predicted molar refractivity (Wildman–Crippen MR) is 64.2 cm³/mol. The van der Waals surface area contributed by atoms with Crippen molar-refractivity contribution in [2.24, 2.45) is 12.2 Å². The van der Waals surface area contributed by atoms with Crippen LogP contribution in [0.2, 0.25) is 0 Å². The molecular weight excluding hydrogens is 200 g/mol. The standard InChI is InChI=1S/C13H14N2O/c1-15-12-8-3-2-5-9(12)10-6-4-7-11(14-16)13(10)15/h2-3,5,8,16H,4,6-7H2,1H3/b14-11+. The van der Waals surface area contributed by atoms with Gasteiger partial charge in [0.05, 0.1) is 5.69 Å². The molecule has 0 fully saturated rings. The third-order valence-electron chi connectivity index (χ3n) is 3.45. The summed E-state index contributed by atoms with van der Waals surface area (Å²) < 4.78 is 2.14. The molecule has 2 aromatic rings. The van der Waals surface area contributed by atoms with Gasteiger partial charge in [0, 0.05) is 18.0 Å². The summed E-state index contributed by atoms with van der Waals surface area (Å²) in [6, 6.07) is 8.37. The first-order valence-electron chi connectivity index (χ1n) is 5.60. The van der Waals surface area contributed by atoms with Crippen LogP contribution in [0, 0.1) is 0 Å². The Kier molecular flexibility index (Phi) is 1.99. The van der Waals surface area contributed by atoms with Crippen molar-refractivity contribution in [2.45, 2.75) is 19.3 Å². The summed E-state index contributed by atoms with van der Waals surface area (Å²) in [6.07, 6.45) is 3.02. The van der Waals surface area contributed by atoms with Gasteiger partial charge in [0.15, 0.2) is 0 Å². The first-order valence-corrected chi connectivity index (χ1v) is 5.60. The smallest absolute Gasteiger partial charge is 0.103 e. The second-order valence-corrected chi connectivity index (χ2v) is 4.30. The lowest BCUT2D eigenvalue weighted by Gasteiger charge is -2.14. The van der Waals surface area contributed by atoms with E-state index in [0.29, 0.717) is 0 Å². The molecule has 3 rings (SSSR count). The lowest BCUT2D eigenvalue weighted by Crippen LogP contribution is -2.14. The minimum atomic E-state index is 0.819. The van der Waals surface area contributed by atoms with Crippen LogP contribution in [0.5, 0.6) is 0 Å². The van der Waals surface area contributed by atoms with Gasteiger partial charge in [0.25, 0.3) is 0 Å². The van der Waals surface area contributed by atoms with Crippen LogP contribution in [0.15, 0.2) is 29.4 Å². The van der Waals surface area contributed by atoms with E-state index in [9.17, 15) is 0 Å². The zero-order chi connectivity index (χ0) is 11.1. The number of hydrogen-bond acceptors (Lipinski definition) is 2. The number of para-hydroxylation sites is 1. The average molecular weight is 214 g/mol. The van der Waals surface area contributed by atoms with E-state index in [1.165, 1.54) is 16.5 Å². The van der Waals surface area contributed by atoms with E-state index in [0.717, 1.165) is 30.7 Å². The van der Waals surface area contributed by atoms with Crippen molar-refractivity contribution in [3.63, 3.8) is 0 Å². The van der Waals surface area contributed by atoms with Crippen molar-refractivity contribution in [1.29, 1.82) is 0 Å². The summed E-state index contributed by atoms with van der Waals surface area (Å²) in [4.78, 5) is 0. The van der Waals surface area contributed by atoms with Crippen LogP contribution < -0.4 is 0 Å². The molecule has 0 spiro atoms. The minimum Gasteiger partial charge on any atom is -0.411 e. The summed E-state index contributed by atoms with van der Waals surface area (Å²) in [5.41, 5.74) is 4.47. The highest BCUT2D eigenvalue weighted by atomic mass is 16.4. The number of nitrogens with zero attached hydrogens (tertiary/aromatic N) is 2. The van der Waals surface area contributed by atoms with Crippen molar-refractivity contribution in [2.75, 3.05) is 0 Å². The van der Waals surface area contributed by atoms with E-state index < -0.39 is 0 Å². The van der Waals surface area contributed by atoms with Gasteiger partial charge >= 0.3 is 0 Å². The second-order valence-electron chi connectivity index (χ2n) is 4.30. The maximum Gasteiger partial charge on any atom is 0.103 e. The van der Waals surface area contributed by atoms with E-state index in [1.54, 1.807) is 0 Å². The average Bonchev–Trinajstić information content (AvgIpc) is 2.64. The van der Waals surface area contributed by atoms with Gasteiger partial charge in [-0.3, -0.25) is 0 Å². The predicted octanol–water partition coefficient (Wildman–Crippen LogP) is 2.69. The summed E-state index contributed by atoms with van der Waals surface area (Å²) in [5.74, 6) is 0. The first kappa shape index (κ1) is 9.46. The monoisotopic (exact) mass is 214 g/mol. The van der Waals surface area contributed by atoms with Crippen LogP contribution in [-0.2, 0) is 13.5 Å². The summed E-state index contributed by atoms with van der Waals surface area (Å²) >= 11 is 0. The molecule has 1 aromatic heterocycles. The van der Waals surface area contributed by atoms with E-state index in [2.05, 4.69) is 27.9 Å². The zero-order valence-electron chi connectivity index (χ0n) is 9.27. The van der Waals surface area contributed by atoms with E-state index >= 15 is 0 Å². The molecule has 1 aromatic carbocycles. The number of oxime groups is 1. The molecule has 3 heteroatoms. The van der Waals surface area contributed by atoms with Gasteiger partial charge in [-0.25, -0.2) is 0 Å². The highest BCUT2D eigenvalue weighted by Gasteiger charge is 2.22. The first-order chi connectivity index (χ1) is 7.83. The lowest BCUT2D eigenvalue weighted by molar-refractivity contribution is 0.317. The Hall–Kier alpha value is -1.77. The zero-order valence-corrected chi connectivity index (χ0v) is 9.27. The number of benzene rings is 1. The van der Waals surface area contributed by atoms with Gasteiger partial charge in [-0.1, -0.05) is 23.4 Å². The molecule has 0 saturated heterocycles. The SMILES string of the molecule is Cn1c2c(c3ccccc31)CCC/C2=N\O. The van der Waals surface area contributed by atoms with Gasteiger partial charge < -0.3 is 9.77 Å². The molecule has 0 saturated carbocycles. The third kappa shape index (κ3) is 1.11. The van der Waals surface area contributed by atoms with Crippen molar-refractivity contribution >= 4 is 16.6 Å². The van der Waals surface area contributed by atoms with Crippen molar-refractivity contribution in [3.05, 3.63) is 35.5 Å². The normalized spacial score (nSPS) is 17.9. The largest absolute Gasteiger partial charge is 0.411 e. The number of aryl methyl sites for hydroxylation is 2. The Morgan fingerprint density at radius 1 is 1.25 bits per heavy atom. The highest BCUT2D eigenvalue weighted by molar-refractivity contribution is 6.06. The maximum absolute atomic E-state index is 9.06. The van der Waals surface area contributed by atoms with Gasteiger partial charge in [-0.2, -0.15) is 0 Å². The molecule has 3 nitrogen and oxygen atoms in total. The third-order valence-corrected chi connectivity index (χ3v) is 3.45. The number of fused-ring (bicyclic) bond motifs is 3. The molecule has 0 atom stereocenters. The van der Waals surface area contributed by atoms with Crippen molar-refractivity contribution in [1.82, 2.24) is 4.57 Å². The molecule has 1 N–H and O–H groups in total. The molecule has 0 bridgehead atoms. The van der Waals surface area contributed by atoms with E-state index in [1.807, 2.05) is 13.1 Å². The number of rotatable bonds is 0. The van der Waals surface area contributed by atoms with Gasteiger partial charge in [-0.05, 0) is 30.9 Å². The molecule has 0 amide bonds. The van der Waals surface area contributed by atoms with Gasteiger partial charge in [-0.15, -0.1) is 0 Å². The Bertz CT molecular complexity index is 581. The fourth-order valence-electron chi connectivity index (χ4n) is 2.74. The Balaban J connectivity index is 2.42. The van der Waals surface area contributed by atoms with Crippen LogP contribution in [0.3, 0.4) is 0 Å². The lowest BCUT2D eigenvalue weighted by atomic mass is 9.94. The molecule has 16 heavy (non-hydrogen) atoms. The number of aromatic nitrogens is 1. The van der Waals surface area contributed by atoms with E-state index in [4.69, 9.17) is 5.21 Å². The summed E-state index contributed by atoms with van der Waals surface area (Å²) in [7, 11) is 2.04.